The van der Waals surface area contributed by atoms with Gasteiger partial charge in [0.1, 0.15) is 6.33 Å². The minimum Gasteiger partial charge on any atom is -0.480 e. The molecule has 3 N–H and O–H groups in total. The molecule has 0 aliphatic carbocycles. The van der Waals surface area contributed by atoms with Crippen LogP contribution in [0.15, 0.2) is 6.33 Å². The number of carbonyl (C=O) groups is 2. The molecule has 1 aromatic heterocycles. The summed E-state index contributed by atoms with van der Waals surface area (Å²) in [5.41, 5.74) is 0. The summed E-state index contributed by atoms with van der Waals surface area (Å²) in [4.78, 5) is 26.1. The van der Waals surface area contributed by atoms with E-state index in [-0.39, 0.29) is 13.2 Å². The lowest BCUT2D eigenvalue weighted by atomic mass is 10.3. The third kappa shape index (κ3) is 4.37. The first-order valence-electron chi connectivity index (χ1n) is 5.13. The fourth-order valence-electron chi connectivity index (χ4n) is 1.17. The van der Waals surface area contributed by atoms with Crippen LogP contribution in [0.5, 0.6) is 0 Å². The summed E-state index contributed by atoms with van der Waals surface area (Å²) in [5.74, 6) is -0.728. The molecular weight excluding hydrogens is 242 g/mol. The van der Waals surface area contributed by atoms with Crippen molar-refractivity contribution in [2.24, 2.45) is 7.05 Å². The summed E-state index contributed by atoms with van der Waals surface area (Å²) in [6.07, 6.45) is 1.50. The van der Waals surface area contributed by atoms with Crippen LogP contribution in [0.4, 0.5) is 4.79 Å². The normalized spacial score (nSPS) is 11.9. The summed E-state index contributed by atoms with van der Waals surface area (Å²) >= 11 is 0. The number of aliphatic carboxylic acids is 1. The molecule has 0 bridgehead atoms. The van der Waals surface area contributed by atoms with Crippen LogP contribution in [0.3, 0.4) is 0 Å². The number of rotatable bonds is 6. The Morgan fingerprint density at radius 2 is 2.33 bits per heavy atom. The lowest BCUT2D eigenvalue weighted by molar-refractivity contribution is -0.140. The average Bonchev–Trinajstić information content (AvgIpc) is 2.72. The maximum atomic E-state index is 11.4. The Hall–Kier alpha value is -2.16. The molecule has 0 spiro atoms. The van der Waals surface area contributed by atoms with Gasteiger partial charge in [0.2, 0.25) is 0 Å². The highest BCUT2D eigenvalue weighted by molar-refractivity contribution is 5.82. The average molecular weight is 257 g/mol. The predicted molar refractivity (Wildman–Crippen MR) is 59.7 cm³/mol. The van der Waals surface area contributed by atoms with Crippen LogP contribution in [0, 0.1) is 0 Å². The van der Waals surface area contributed by atoms with Crippen molar-refractivity contribution >= 4 is 12.0 Å². The van der Waals surface area contributed by atoms with Gasteiger partial charge in [0, 0.05) is 14.2 Å². The van der Waals surface area contributed by atoms with Crippen molar-refractivity contribution < 1.29 is 19.4 Å². The Labute approximate surface area is 103 Å². The van der Waals surface area contributed by atoms with Gasteiger partial charge in [-0.1, -0.05) is 0 Å². The summed E-state index contributed by atoms with van der Waals surface area (Å²) in [6.45, 7) is 0.0105. The Balaban J connectivity index is 2.38. The highest BCUT2D eigenvalue weighted by Crippen LogP contribution is 1.89. The topological polar surface area (TPSA) is 118 Å². The smallest absolute Gasteiger partial charge is 0.328 e. The molecular formula is C9H15N5O4. The molecule has 1 unspecified atom stereocenters. The monoisotopic (exact) mass is 257 g/mol. The third-order valence-electron chi connectivity index (χ3n) is 1.99. The van der Waals surface area contributed by atoms with Crippen LogP contribution in [-0.4, -0.2) is 51.6 Å². The molecule has 100 valence electrons. The minimum absolute atomic E-state index is 0.107. The van der Waals surface area contributed by atoms with Crippen LogP contribution < -0.4 is 10.6 Å². The van der Waals surface area contributed by atoms with Gasteiger partial charge in [-0.05, 0) is 0 Å². The number of hydrogen-bond acceptors (Lipinski definition) is 5. The van der Waals surface area contributed by atoms with Crippen molar-refractivity contribution in [1.82, 2.24) is 25.4 Å². The van der Waals surface area contributed by atoms with Gasteiger partial charge >= 0.3 is 12.0 Å². The molecule has 0 saturated carbocycles. The molecule has 2 amide bonds. The van der Waals surface area contributed by atoms with Gasteiger partial charge in [0.15, 0.2) is 11.9 Å². The third-order valence-corrected chi connectivity index (χ3v) is 1.99. The van der Waals surface area contributed by atoms with E-state index in [1.54, 1.807) is 7.05 Å². The fourth-order valence-corrected chi connectivity index (χ4v) is 1.17. The van der Waals surface area contributed by atoms with Gasteiger partial charge in [-0.15, -0.1) is 0 Å². The number of amides is 2. The molecule has 0 radical (unpaired) electrons. The zero-order valence-electron chi connectivity index (χ0n) is 10.1. The number of urea groups is 1. The number of aryl methyl sites for hydroxylation is 1. The number of hydrogen-bond donors (Lipinski definition) is 3. The van der Waals surface area contributed by atoms with E-state index < -0.39 is 18.0 Å². The molecule has 1 aromatic rings. The Kier molecular flexibility index (Phi) is 5.06. The van der Waals surface area contributed by atoms with Crippen LogP contribution in [0.1, 0.15) is 5.82 Å². The number of carboxylic acid groups (broad SMARTS) is 1. The van der Waals surface area contributed by atoms with Crippen molar-refractivity contribution in [1.29, 1.82) is 0 Å². The van der Waals surface area contributed by atoms with E-state index in [2.05, 4.69) is 25.5 Å². The van der Waals surface area contributed by atoms with Crippen LogP contribution in [0.25, 0.3) is 0 Å². The summed E-state index contributed by atoms with van der Waals surface area (Å²) in [7, 11) is 3.06. The first-order valence-corrected chi connectivity index (χ1v) is 5.13. The maximum Gasteiger partial charge on any atom is 0.328 e. The van der Waals surface area contributed by atoms with Crippen molar-refractivity contribution in [2.75, 3.05) is 13.7 Å². The molecule has 18 heavy (non-hydrogen) atoms. The minimum atomic E-state index is -1.16. The first-order chi connectivity index (χ1) is 8.52. The molecule has 1 atom stereocenters. The second kappa shape index (κ2) is 6.55. The SMILES string of the molecule is COCC(NC(=O)NCc1ncn(C)n1)C(=O)O. The number of carbonyl (C=O) groups excluding carboxylic acids is 1. The molecule has 0 saturated heterocycles. The second-order valence-electron chi connectivity index (χ2n) is 3.51. The van der Waals surface area contributed by atoms with Gasteiger partial charge in [-0.2, -0.15) is 5.10 Å². The largest absolute Gasteiger partial charge is 0.480 e. The highest BCUT2D eigenvalue weighted by atomic mass is 16.5. The quantitative estimate of drug-likeness (QED) is 0.583. The van der Waals surface area contributed by atoms with Gasteiger partial charge in [0.05, 0.1) is 13.2 Å². The lowest BCUT2D eigenvalue weighted by Gasteiger charge is -2.13. The number of methoxy groups -OCH3 is 1. The zero-order valence-corrected chi connectivity index (χ0v) is 10.1. The summed E-state index contributed by atoms with van der Waals surface area (Å²) in [5, 5.41) is 17.5. The standard InChI is InChI=1S/C9H15N5O4/c1-14-5-11-7(13-14)3-10-9(17)12-6(4-18-2)8(15)16/h5-6H,3-4H2,1-2H3,(H,15,16)(H2,10,12,17). The second-order valence-corrected chi connectivity index (χ2v) is 3.51. The van der Waals surface area contributed by atoms with Crippen molar-refractivity contribution in [3.05, 3.63) is 12.2 Å². The summed E-state index contributed by atoms with van der Waals surface area (Å²) < 4.78 is 6.18. The molecule has 9 heteroatoms. The van der Waals surface area contributed by atoms with Gasteiger partial charge < -0.3 is 20.5 Å². The van der Waals surface area contributed by atoms with E-state index in [0.717, 1.165) is 0 Å². The van der Waals surface area contributed by atoms with Crippen molar-refractivity contribution in [3.8, 4) is 0 Å². The molecule has 1 heterocycles. The van der Waals surface area contributed by atoms with E-state index in [1.807, 2.05) is 0 Å². The van der Waals surface area contributed by atoms with Crippen LogP contribution >= 0.6 is 0 Å². The molecule has 0 aliphatic heterocycles. The van der Waals surface area contributed by atoms with E-state index in [4.69, 9.17) is 5.11 Å². The van der Waals surface area contributed by atoms with E-state index in [1.165, 1.54) is 18.1 Å². The predicted octanol–water partition coefficient (Wildman–Crippen LogP) is -1.29. The molecule has 0 fully saturated rings. The maximum absolute atomic E-state index is 11.4. The molecule has 0 aliphatic rings. The highest BCUT2D eigenvalue weighted by Gasteiger charge is 2.19. The number of ether oxygens (including phenoxy) is 1. The fraction of sp³-hybridized carbons (Fsp3) is 0.556. The van der Waals surface area contributed by atoms with Gasteiger partial charge in [0.25, 0.3) is 0 Å². The number of carboxylic acids is 1. The Morgan fingerprint density at radius 3 is 2.83 bits per heavy atom. The Bertz CT molecular complexity index is 419. The lowest BCUT2D eigenvalue weighted by Crippen LogP contribution is -2.48. The van der Waals surface area contributed by atoms with Gasteiger partial charge in [-0.3, -0.25) is 4.68 Å². The van der Waals surface area contributed by atoms with Crippen LogP contribution in [0.2, 0.25) is 0 Å². The van der Waals surface area contributed by atoms with Crippen molar-refractivity contribution in [3.63, 3.8) is 0 Å². The molecule has 9 nitrogen and oxygen atoms in total. The van der Waals surface area contributed by atoms with E-state index >= 15 is 0 Å². The summed E-state index contributed by atoms with van der Waals surface area (Å²) in [6, 6.07) is -1.71. The van der Waals surface area contributed by atoms with Crippen LogP contribution in [-0.2, 0) is 23.1 Å². The van der Waals surface area contributed by atoms with E-state index in [9.17, 15) is 9.59 Å². The number of nitrogens with one attached hydrogen (secondary N) is 2. The zero-order chi connectivity index (χ0) is 13.5. The first kappa shape index (κ1) is 13.9. The Morgan fingerprint density at radius 1 is 1.61 bits per heavy atom. The van der Waals surface area contributed by atoms with Gasteiger partial charge in [-0.25, -0.2) is 14.6 Å². The van der Waals surface area contributed by atoms with Crippen molar-refractivity contribution in [2.45, 2.75) is 12.6 Å². The van der Waals surface area contributed by atoms with E-state index in [0.29, 0.717) is 5.82 Å². The number of aromatic nitrogens is 3. The molecule has 1 rings (SSSR count). The molecule has 0 aromatic carbocycles. The number of nitrogens with zero attached hydrogens (tertiary/aromatic N) is 3.